The predicted octanol–water partition coefficient (Wildman–Crippen LogP) is 5.26. The topological polar surface area (TPSA) is 106 Å². The maximum Gasteiger partial charge on any atom is 0.311 e. The van der Waals surface area contributed by atoms with Gasteiger partial charge in [0.1, 0.15) is 11.7 Å². The molecule has 2 N–H and O–H groups in total. The number of aliphatic carboxylic acids is 1. The van der Waals surface area contributed by atoms with E-state index in [0.29, 0.717) is 30.4 Å². The van der Waals surface area contributed by atoms with Crippen LogP contribution in [0.25, 0.3) is 0 Å². The lowest BCUT2D eigenvalue weighted by atomic mass is 9.33. The molecule has 2 spiro atoms. The summed E-state index contributed by atoms with van der Waals surface area (Å²) in [7, 11) is 1.80. The minimum Gasteiger partial charge on any atom is -0.482 e. The number of methoxy groups -OCH3 is 1. The van der Waals surface area contributed by atoms with Gasteiger partial charge in [-0.25, -0.2) is 0 Å². The molecule has 4 bridgehead atoms. The van der Waals surface area contributed by atoms with E-state index < -0.39 is 17.2 Å². The lowest BCUT2D eigenvalue weighted by Gasteiger charge is -2.75. The van der Waals surface area contributed by atoms with E-state index in [1.165, 1.54) is 24.0 Å². The van der Waals surface area contributed by atoms with Crippen LogP contribution in [0.1, 0.15) is 103 Å². The minimum atomic E-state index is -0.989. The first kappa shape index (κ1) is 29.5. The van der Waals surface area contributed by atoms with Crippen LogP contribution < -0.4 is 9.47 Å². The molecule has 5 fully saturated rings. The Labute approximate surface area is 255 Å². The van der Waals surface area contributed by atoms with Crippen LogP contribution in [0.5, 0.6) is 11.5 Å². The number of likely N-dealkylation sites (tertiary alicyclic amines) is 1. The molecule has 1 aromatic carbocycles. The fourth-order valence-electron chi connectivity index (χ4n) is 10.4. The van der Waals surface area contributed by atoms with Crippen LogP contribution in [0.2, 0.25) is 0 Å². The van der Waals surface area contributed by atoms with Gasteiger partial charge < -0.3 is 24.4 Å². The predicted molar refractivity (Wildman–Crippen MR) is 160 cm³/mol. The monoisotopic (exact) mass is 595 g/mol. The van der Waals surface area contributed by atoms with E-state index in [4.69, 9.17) is 19.3 Å². The average Bonchev–Trinajstić information content (AvgIpc) is 3.69. The highest BCUT2D eigenvalue weighted by Gasteiger charge is 2.82. The second-order valence-electron chi connectivity index (χ2n) is 15.8. The number of hydrogen-bond acceptors (Lipinski definition) is 7. The minimum absolute atomic E-state index is 0.0459. The van der Waals surface area contributed by atoms with Gasteiger partial charge in [-0.2, -0.15) is 0 Å². The SMILES string of the molecule is CO[C@]12CC[C@@]3(CC1C(C)(O)C(C)(C)C)[C@H]1Cc4ccc(OC(=O)CCCCC(=O)O)c5c4[C@@]3(CCN1CC1CC1)C2O5. The van der Waals surface area contributed by atoms with E-state index >= 15 is 0 Å². The normalized spacial score (nSPS) is 36.9. The summed E-state index contributed by atoms with van der Waals surface area (Å²) in [5.41, 5.74) is 0.176. The van der Waals surface area contributed by atoms with Crippen molar-refractivity contribution >= 4 is 11.9 Å². The Morgan fingerprint density at radius 2 is 1.84 bits per heavy atom. The third-order valence-electron chi connectivity index (χ3n) is 13.1. The van der Waals surface area contributed by atoms with Crippen molar-refractivity contribution in [3.63, 3.8) is 0 Å². The largest absolute Gasteiger partial charge is 0.482 e. The number of carbonyl (C=O) groups excluding carboxylic acids is 1. The number of hydrogen-bond donors (Lipinski definition) is 2. The molecule has 0 radical (unpaired) electrons. The summed E-state index contributed by atoms with van der Waals surface area (Å²) in [6.07, 6.45) is 8.18. The van der Waals surface area contributed by atoms with Gasteiger partial charge in [-0.15, -0.1) is 0 Å². The molecule has 43 heavy (non-hydrogen) atoms. The van der Waals surface area contributed by atoms with E-state index in [1.807, 2.05) is 13.0 Å². The molecule has 1 saturated heterocycles. The summed E-state index contributed by atoms with van der Waals surface area (Å²) >= 11 is 0. The molecule has 2 aliphatic heterocycles. The first-order chi connectivity index (χ1) is 20.3. The van der Waals surface area contributed by atoms with Gasteiger partial charge in [-0.1, -0.05) is 26.8 Å². The van der Waals surface area contributed by atoms with Crippen molar-refractivity contribution in [1.82, 2.24) is 4.90 Å². The highest BCUT2D eigenvalue weighted by atomic mass is 16.6. The van der Waals surface area contributed by atoms with Crippen molar-refractivity contribution in [2.45, 2.75) is 127 Å². The summed E-state index contributed by atoms with van der Waals surface area (Å²) in [4.78, 5) is 26.7. The number of ether oxygens (including phenoxy) is 3. The second-order valence-corrected chi connectivity index (χ2v) is 15.8. The Morgan fingerprint density at radius 1 is 1.09 bits per heavy atom. The van der Waals surface area contributed by atoms with Crippen LogP contribution in [0.3, 0.4) is 0 Å². The number of carboxylic acids is 1. The number of carbonyl (C=O) groups is 2. The Bertz CT molecular complexity index is 1330. The van der Waals surface area contributed by atoms with E-state index in [1.54, 1.807) is 7.11 Å². The Morgan fingerprint density at radius 3 is 2.51 bits per heavy atom. The molecule has 3 unspecified atom stereocenters. The maximum atomic E-state index is 13.0. The van der Waals surface area contributed by atoms with Crippen molar-refractivity contribution in [2.24, 2.45) is 22.7 Å². The van der Waals surface area contributed by atoms with Crippen LogP contribution in [0.4, 0.5) is 0 Å². The van der Waals surface area contributed by atoms with Crippen molar-refractivity contribution < 1.29 is 34.0 Å². The van der Waals surface area contributed by atoms with Gasteiger partial charge in [0.05, 0.1) is 5.60 Å². The van der Waals surface area contributed by atoms with Crippen LogP contribution in [0.15, 0.2) is 12.1 Å². The van der Waals surface area contributed by atoms with Crippen LogP contribution in [0, 0.1) is 22.7 Å². The fourth-order valence-corrected chi connectivity index (χ4v) is 10.4. The zero-order valence-electron chi connectivity index (χ0n) is 26.5. The number of carboxylic acid groups (broad SMARTS) is 1. The van der Waals surface area contributed by atoms with Gasteiger partial charge in [0.2, 0.25) is 0 Å². The Balaban J connectivity index is 1.32. The number of aliphatic hydroxyl groups is 1. The first-order valence-electron chi connectivity index (χ1n) is 16.6. The van der Waals surface area contributed by atoms with Gasteiger partial charge in [-0.05, 0) is 94.2 Å². The first-order valence-corrected chi connectivity index (χ1v) is 16.6. The number of esters is 1. The van der Waals surface area contributed by atoms with Crippen molar-refractivity contribution in [2.75, 3.05) is 20.2 Å². The van der Waals surface area contributed by atoms with E-state index in [-0.39, 0.29) is 47.1 Å². The van der Waals surface area contributed by atoms with E-state index in [9.17, 15) is 14.7 Å². The number of nitrogens with zero attached hydrogens (tertiary/aromatic N) is 1. The molecule has 4 saturated carbocycles. The Kier molecular flexibility index (Phi) is 6.64. The number of piperidine rings is 1. The molecule has 0 aromatic heterocycles. The summed E-state index contributed by atoms with van der Waals surface area (Å²) < 4.78 is 19.8. The zero-order valence-corrected chi connectivity index (χ0v) is 26.5. The fraction of sp³-hybridized carbons (Fsp3) is 0.771. The smallest absolute Gasteiger partial charge is 0.311 e. The Hall–Kier alpha value is -2.16. The molecule has 7 aliphatic rings. The lowest BCUT2D eigenvalue weighted by molar-refractivity contribution is -0.312. The van der Waals surface area contributed by atoms with Crippen molar-refractivity contribution in [1.29, 1.82) is 0 Å². The second kappa shape index (κ2) is 9.67. The molecule has 2 heterocycles. The van der Waals surface area contributed by atoms with Crippen molar-refractivity contribution in [3.8, 4) is 11.5 Å². The number of rotatable bonds is 10. The molecule has 1 aromatic rings. The maximum absolute atomic E-state index is 13.0. The molecular weight excluding hydrogens is 546 g/mol. The molecule has 7 atom stereocenters. The number of unbranched alkanes of at least 4 members (excludes halogenated alkanes) is 1. The molecule has 5 aliphatic carbocycles. The van der Waals surface area contributed by atoms with Crippen LogP contribution >= 0.6 is 0 Å². The zero-order chi connectivity index (χ0) is 30.6. The summed E-state index contributed by atoms with van der Waals surface area (Å²) in [6.45, 7) is 10.6. The third kappa shape index (κ3) is 3.97. The van der Waals surface area contributed by atoms with Gasteiger partial charge >= 0.3 is 11.9 Å². The summed E-state index contributed by atoms with van der Waals surface area (Å²) in [5, 5.41) is 21.3. The van der Waals surface area contributed by atoms with Gasteiger partial charge in [0, 0.05) is 54.8 Å². The van der Waals surface area contributed by atoms with Crippen LogP contribution in [-0.4, -0.2) is 70.6 Å². The summed E-state index contributed by atoms with van der Waals surface area (Å²) in [5.74, 6) is 0.625. The molecule has 8 heteroatoms. The molecule has 8 nitrogen and oxygen atoms in total. The number of benzene rings is 1. The van der Waals surface area contributed by atoms with Crippen molar-refractivity contribution in [3.05, 3.63) is 23.3 Å². The third-order valence-corrected chi connectivity index (χ3v) is 13.1. The average molecular weight is 596 g/mol. The van der Waals surface area contributed by atoms with E-state index in [2.05, 4.69) is 31.7 Å². The standard InChI is InChI=1S/C35H49NO7/c1-31(2,3)32(4,40)24-19-33-14-15-35(24,41-5)30-34(33)16-17-36(20-21-10-11-21)25(33)18-22-12-13-23(29(43-30)28(22)34)42-27(39)9-7-6-8-26(37)38/h12-13,21,24-25,30,40H,6-11,14-20H2,1-5H3,(H,37,38)/t24?,25-,30?,32?,33-,34+,35-/m1/s1. The highest BCUT2D eigenvalue weighted by Crippen LogP contribution is 2.78. The van der Waals surface area contributed by atoms with Crippen LogP contribution in [-0.2, 0) is 26.2 Å². The summed E-state index contributed by atoms with van der Waals surface area (Å²) in [6, 6.07) is 4.44. The lowest BCUT2D eigenvalue weighted by Crippen LogP contribution is -2.83. The highest BCUT2D eigenvalue weighted by molar-refractivity contribution is 5.75. The molecule has 0 amide bonds. The molecule has 8 rings (SSSR count). The van der Waals surface area contributed by atoms with Gasteiger partial charge in [-0.3, -0.25) is 14.5 Å². The van der Waals surface area contributed by atoms with Gasteiger partial charge in [0.15, 0.2) is 11.5 Å². The van der Waals surface area contributed by atoms with Gasteiger partial charge in [0.25, 0.3) is 0 Å². The molecular formula is C35H49NO7. The molecule has 236 valence electrons. The van der Waals surface area contributed by atoms with E-state index in [0.717, 1.165) is 51.1 Å². The quantitative estimate of drug-likeness (QED) is 0.215. The number of fused-ring (bicyclic) bond motifs is 2.